The highest BCUT2D eigenvalue weighted by Crippen LogP contribution is 2.19. The van der Waals surface area contributed by atoms with E-state index in [2.05, 4.69) is 25.3 Å². The lowest BCUT2D eigenvalue weighted by Crippen LogP contribution is -2.24. The predicted octanol–water partition coefficient (Wildman–Crippen LogP) is 3.02. The zero-order valence-electron chi connectivity index (χ0n) is 13.8. The summed E-state index contributed by atoms with van der Waals surface area (Å²) in [6.45, 7) is 0.339. The van der Waals surface area contributed by atoms with E-state index in [-0.39, 0.29) is 11.6 Å². The number of pyridine rings is 2. The number of carbonyl (C=O) groups is 1. The maximum atomic E-state index is 12.5. The molecule has 1 N–H and O–H groups in total. The van der Waals surface area contributed by atoms with Crippen molar-refractivity contribution in [2.24, 2.45) is 0 Å². The molecule has 0 aliphatic carbocycles. The second kappa shape index (κ2) is 7.06. The van der Waals surface area contributed by atoms with Crippen LogP contribution in [-0.4, -0.2) is 25.8 Å². The number of benzene rings is 1. The molecule has 26 heavy (non-hydrogen) atoms. The molecule has 3 heterocycles. The Balaban J connectivity index is 1.54. The normalized spacial score (nSPS) is 10.6. The first-order valence-electron chi connectivity index (χ1n) is 8.15. The first kappa shape index (κ1) is 15.8. The fraction of sp³-hybridized carbons (Fsp3) is 0.0500. The largest absolute Gasteiger partial charge is 0.346 e. The van der Waals surface area contributed by atoms with Gasteiger partial charge in [0.05, 0.1) is 22.9 Å². The van der Waals surface area contributed by atoms with Gasteiger partial charge in [0.2, 0.25) is 0 Å². The average Bonchev–Trinajstić information content (AvgIpc) is 2.72. The molecule has 3 aromatic heterocycles. The van der Waals surface area contributed by atoms with Crippen molar-refractivity contribution in [2.75, 3.05) is 0 Å². The fourth-order valence-corrected chi connectivity index (χ4v) is 2.68. The van der Waals surface area contributed by atoms with Gasteiger partial charge in [0.15, 0.2) is 0 Å². The molecule has 4 rings (SSSR count). The Morgan fingerprint density at radius 3 is 2.58 bits per heavy atom. The number of rotatable bonds is 4. The Hall–Kier alpha value is -3.67. The lowest BCUT2D eigenvalue weighted by Gasteiger charge is -2.09. The number of hydrogen-bond donors (Lipinski definition) is 1. The van der Waals surface area contributed by atoms with E-state index in [1.165, 1.54) is 6.20 Å². The maximum Gasteiger partial charge on any atom is 0.271 e. The highest BCUT2D eigenvalue weighted by molar-refractivity contribution is 5.93. The lowest BCUT2D eigenvalue weighted by atomic mass is 10.1. The summed E-state index contributed by atoms with van der Waals surface area (Å²) < 4.78 is 0. The number of carbonyl (C=O) groups excluding carboxylic acids is 1. The smallest absolute Gasteiger partial charge is 0.271 e. The van der Waals surface area contributed by atoms with Crippen LogP contribution in [0, 0.1) is 0 Å². The summed E-state index contributed by atoms with van der Waals surface area (Å²) in [5.74, 6) is -0.274. The Kier molecular flexibility index (Phi) is 4.30. The van der Waals surface area contributed by atoms with Gasteiger partial charge >= 0.3 is 0 Å². The van der Waals surface area contributed by atoms with Gasteiger partial charge in [-0.3, -0.25) is 19.7 Å². The molecule has 0 bridgehead atoms. The molecule has 0 aliphatic rings. The maximum absolute atomic E-state index is 12.5. The number of para-hydroxylation sites is 2. The van der Waals surface area contributed by atoms with Gasteiger partial charge in [-0.25, -0.2) is 4.98 Å². The van der Waals surface area contributed by atoms with Crippen LogP contribution in [0.3, 0.4) is 0 Å². The Morgan fingerprint density at radius 2 is 1.73 bits per heavy atom. The molecule has 0 fully saturated rings. The number of fused-ring (bicyclic) bond motifs is 1. The molecule has 6 nitrogen and oxygen atoms in total. The summed E-state index contributed by atoms with van der Waals surface area (Å²) in [6.07, 6.45) is 6.68. The van der Waals surface area contributed by atoms with Gasteiger partial charge in [0, 0.05) is 30.7 Å². The van der Waals surface area contributed by atoms with E-state index in [1.54, 1.807) is 18.6 Å². The van der Waals surface area contributed by atoms with Gasteiger partial charge in [-0.1, -0.05) is 18.2 Å². The van der Waals surface area contributed by atoms with Crippen molar-refractivity contribution in [1.82, 2.24) is 25.3 Å². The standard InChI is InChI=1S/C20H15N5O/c26-20(18-13-23-16-7-1-2-8-17(16)25-18)24-12-15-6-4-10-22-19(15)14-5-3-9-21-11-14/h1-11,13H,12H2,(H,24,26). The molecule has 4 aromatic rings. The van der Waals surface area contributed by atoms with Crippen molar-refractivity contribution < 1.29 is 4.79 Å². The van der Waals surface area contributed by atoms with E-state index in [4.69, 9.17) is 0 Å². The molecule has 0 atom stereocenters. The van der Waals surface area contributed by atoms with E-state index in [0.717, 1.165) is 22.3 Å². The molecule has 0 saturated heterocycles. The van der Waals surface area contributed by atoms with E-state index in [9.17, 15) is 4.79 Å². The van der Waals surface area contributed by atoms with Crippen LogP contribution in [0.5, 0.6) is 0 Å². The predicted molar refractivity (Wildman–Crippen MR) is 98.2 cm³/mol. The lowest BCUT2D eigenvalue weighted by molar-refractivity contribution is 0.0946. The summed E-state index contributed by atoms with van der Waals surface area (Å²) in [6, 6.07) is 15.0. The van der Waals surface area contributed by atoms with Crippen molar-refractivity contribution >= 4 is 16.9 Å². The Bertz CT molecular complexity index is 1070. The van der Waals surface area contributed by atoms with Crippen LogP contribution in [-0.2, 0) is 6.54 Å². The number of aromatic nitrogens is 4. The third-order valence-corrected chi connectivity index (χ3v) is 3.95. The van der Waals surface area contributed by atoms with Crippen LogP contribution in [0.1, 0.15) is 16.1 Å². The van der Waals surface area contributed by atoms with Crippen molar-refractivity contribution in [3.05, 3.63) is 84.6 Å². The van der Waals surface area contributed by atoms with Gasteiger partial charge in [-0.05, 0) is 35.9 Å². The molecular weight excluding hydrogens is 326 g/mol. The van der Waals surface area contributed by atoms with Gasteiger partial charge in [-0.15, -0.1) is 0 Å². The minimum absolute atomic E-state index is 0.274. The third kappa shape index (κ3) is 3.25. The zero-order valence-corrected chi connectivity index (χ0v) is 13.8. The van der Waals surface area contributed by atoms with E-state index >= 15 is 0 Å². The molecular formula is C20H15N5O. The van der Waals surface area contributed by atoms with Gasteiger partial charge in [0.1, 0.15) is 5.69 Å². The molecule has 1 amide bonds. The number of nitrogens with zero attached hydrogens (tertiary/aromatic N) is 4. The zero-order chi connectivity index (χ0) is 17.8. The molecule has 0 radical (unpaired) electrons. The Morgan fingerprint density at radius 1 is 0.885 bits per heavy atom. The monoisotopic (exact) mass is 341 g/mol. The van der Waals surface area contributed by atoms with E-state index in [1.807, 2.05) is 48.5 Å². The number of nitrogens with one attached hydrogen (secondary N) is 1. The highest BCUT2D eigenvalue weighted by atomic mass is 16.1. The van der Waals surface area contributed by atoms with Crippen molar-refractivity contribution in [3.63, 3.8) is 0 Å². The molecule has 0 saturated carbocycles. The second-order valence-corrected chi connectivity index (χ2v) is 5.68. The molecule has 0 aliphatic heterocycles. The van der Waals surface area contributed by atoms with Gasteiger partial charge in [0.25, 0.3) is 5.91 Å². The van der Waals surface area contributed by atoms with E-state index in [0.29, 0.717) is 12.1 Å². The third-order valence-electron chi connectivity index (χ3n) is 3.95. The van der Waals surface area contributed by atoms with Crippen LogP contribution < -0.4 is 5.32 Å². The first-order valence-corrected chi connectivity index (χ1v) is 8.15. The van der Waals surface area contributed by atoms with E-state index < -0.39 is 0 Å². The SMILES string of the molecule is O=C(NCc1cccnc1-c1cccnc1)c1cnc2ccccc2n1. The van der Waals surface area contributed by atoms with Crippen LogP contribution in [0.25, 0.3) is 22.3 Å². The second-order valence-electron chi connectivity index (χ2n) is 5.68. The van der Waals surface area contributed by atoms with Crippen molar-refractivity contribution in [2.45, 2.75) is 6.54 Å². The van der Waals surface area contributed by atoms with Crippen LogP contribution >= 0.6 is 0 Å². The summed E-state index contributed by atoms with van der Waals surface area (Å²) in [5.41, 5.74) is 4.35. The molecule has 1 aromatic carbocycles. The van der Waals surface area contributed by atoms with Crippen LogP contribution in [0.4, 0.5) is 0 Å². The number of hydrogen-bond acceptors (Lipinski definition) is 5. The molecule has 126 valence electrons. The summed E-state index contributed by atoms with van der Waals surface area (Å²) >= 11 is 0. The number of amides is 1. The van der Waals surface area contributed by atoms with Crippen LogP contribution in [0.2, 0.25) is 0 Å². The fourth-order valence-electron chi connectivity index (χ4n) is 2.68. The quantitative estimate of drug-likeness (QED) is 0.617. The summed E-state index contributed by atoms with van der Waals surface area (Å²) in [4.78, 5) is 29.7. The minimum Gasteiger partial charge on any atom is -0.346 e. The molecule has 6 heteroatoms. The van der Waals surface area contributed by atoms with Crippen molar-refractivity contribution in [3.8, 4) is 11.3 Å². The van der Waals surface area contributed by atoms with Crippen molar-refractivity contribution in [1.29, 1.82) is 0 Å². The molecule has 0 unspecified atom stereocenters. The minimum atomic E-state index is -0.274. The van der Waals surface area contributed by atoms with Gasteiger partial charge < -0.3 is 5.32 Å². The summed E-state index contributed by atoms with van der Waals surface area (Å²) in [7, 11) is 0. The summed E-state index contributed by atoms with van der Waals surface area (Å²) in [5, 5.41) is 2.89. The van der Waals surface area contributed by atoms with Gasteiger partial charge in [-0.2, -0.15) is 0 Å². The highest BCUT2D eigenvalue weighted by Gasteiger charge is 2.11. The average molecular weight is 341 g/mol. The Labute approximate surface area is 150 Å². The molecule has 0 spiro atoms. The van der Waals surface area contributed by atoms with Crippen LogP contribution in [0.15, 0.2) is 73.3 Å². The first-order chi connectivity index (χ1) is 12.8. The topological polar surface area (TPSA) is 80.7 Å².